The average molecular weight is 430 g/mol. The molecule has 144 valence electrons. The van der Waals surface area contributed by atoms with Crippen LogP contribution < -0.4 is 10.1 Å². The Balaban J connectivity index is 1.85. The second kappa shape index (κ2) is 9.83. The molecule has 0 radical (unpaired) electrons. The SMILES string of the molecule is CC(NC(=O)c1cccc(Cl)c1Cl)C(=O)N(C)CCOc1ccc(Cl)cc1. The van der Waals surface area contributed by atoms with Crippen LogP contribution in [0.4, 0.5) is 0 Å². The Hall–Kier alpha value is -1.95. The lowest BCUT2D eigenvalue weighted by Gasteiger charge is -2.22. The third kappa shape index (κ3) is 6.03. The lowest BCUT2D eigenvalue weighted by atomic mass is 10.2. The number of likely N-dealkylation sites (N-methyl/N-ethyl adjacent to an activating group) is 1. The molecule has 0 aromatic heterocycles. The van der Waals surface area contributed by atoms with E-state index < -0.39 is 11.9 Å². The Morgan fingerprint density at radius 1 is 1.11 bits per heavy atom. The summed E-state index contributed by atoms with van der Waals surface area (Å²) in [7, 11) is 1.64. The number of rotatable bonds is 7. The summed E-state index contributed by atoms with van der Waals surface area (Å²) in [6.45, 7) is 2.28. The quantitative estimate of drug-likeness (QED) is 0.714. The van der Waals surface area contributed by atoms with Crippen LogP contribution in [0.3, 0.4) is 0 Å². The molecule has 1 unspecified atom stereocenters. The minimum absolute atomic E-state index is 0.154. The Kier molecular flexibility index (Phi) is 7.78. The summed E-state index contributed by atoms with van der Waals surface area (Å²) in [5.74, 6) is -0.0485. The first-order valence-electron chi connectivity index (χ1n) is 8.18. The van der Waals surface area contributed by atoms with Gasteiger partial charge in [-0.3, -0.25) is 9.59 Å². The van der Waals surface area contributed by atoms with Crippen LogP contribution in [0.1, 0.15) is 17.3 Å². The lowest BCUT2D eigenvalue weighted by Crippen LogP contribution is -2.46. The van der Waals surface area contributed by atoms with E-state index in [0.717, 1.165) is 0 Å². The molecule has 8 heteroatoms. The minimum atomic E-state index is -0.729. The smallest absolute Gasteiger partial charge is 0.253 e. The van der Waals surface area contributed by atoms with Crippen LogP contribution >= 0.6 is 34.8 Å². The molecule has 0 aliphatic heterocycles. The van der Waals surface area contributed by atoms with E-state index in [2.05, 4.69) is 5.32 Å². The van der Waals surface area contributed by atoms with E-state index in [-0.39, 0.29) is 21.5 Å². The second-order valence-corrected chi connectivity index (χ2v) is 7.08. The normalized spacial score (nSPS) is 11.6. The van der Waals surface area contributed by atoms with Crippen molar-refractivity contribution in [2.75, 3.05) is 20.2 Å². The van der Waals surface area contributed by atoms with Gasteiger partial charge >= 0.3 is 0 Å². The van der Waals surface area contributed by atoms with Crippen LogP contribution in [0.5, 0.6) is 5.75 Å². The zero-order chi connectivity index (χ0) is 20.0. The first kappa shape index (κ1) is 21.4. The summed E-state index contributed by atoms with van der Waals surface area (Å²) >= 11 is 17.8. The molecule has 2 aromatic carbocycles. The van der Waals surface area contributed by atoms with E-state index >= 15 is 0 Å². The number of hydrogen-bond donors (Lipinski definition) is 1. The number of carbonyl (C=O) groups is 2. The van der Waals surface area contributed by atoms with Crippen molar-refractivity contribution < 1.29 is 14.3 Å². The summed E-state index contributed by atoms with van der Waals surface area (Å²) in [6.07, 6.45) is 0. The van der Waals surface area contributed by atoms with E-state index in [1.165, 1.54) is 4.90 Å². The molecule has 0 bridgehead atoms. The first-order chi connectivity index (χ1) is 12.8. The molecule has 0 saturated carbocycles. The van der Waals surface area contributed by atoms with Gasteiger partial charge in [0.2, 0.25) is 5.91 Å². The van der Waals surface area contributed by atoms with Gasteiger partial charge < -0.3 is 15.0 Å². The highest BCUT2D eigenvalue weighted by atomic mass is 35.5. The van der Waals surface area contributed by atoms with Crippen LogP contribution in [0.15, 0.2) is 42.5 Å². The second-order valence-electron chi connectivity index (χ2n) is 5.86. The summed E-state index contributed by atoms with van der Waals surface area (Å²) in [4.78, 5) is 26.2. The zero-order valence-corrected chi connectivity index (χ0v) is 17.1. The molecule has 5 nitrogen and oxygen atoms in total. The van der Waals surface area contributed by atoms with Crippen LogP contribution in [-0.4, -0.2) is 43.0 Å². The molecule has 2 rings (SSSR count). The number of carbonyl (C=O) groups excluding carboxylic acids is 2. The maximum absolute atomic E-state index is 12.4. The summed E-state index contributed by atoms with van der Waals surface area (Å²) in [5.41, 5.74) is 0.220. The number of nitrogens with one attached hydrogen (secondary N) is 1. The molecule has 0 aliphatic carbocycles. The van der Waals surface area contributed by atoms with Crippen LogP contribution in [0.25, 0.3) is 0 Å². The number of ether oxygens (including phenoxy) is 1. The highest BCUT2D eigenvalue weighted by molar-refractivity contribution is 6.43. The average Bonchev–Trinajstić information content (AvgIpc) is 2.64. The molecule has 0 saturated heterocycles. The van der Waals surface area contributed by atoms with Crippen LogP contribution in [0, 0.1) is 0 Å². The molecule has 0 aliphatic rings. The maximum atomic E-state index is 12.4. The molecule has 2 amide bonds. The van der Waals surface area contributed by atoms with Gasteiger partial charge in [-0.1, -0.05) is 40.9 Å². The van der Waals surface area contributed by atoms with Gasteiger partial charge in [-0.05, 0) is 43.3 Å². The van der Waals surface area contributed by atoms with Crippen molar-refractivity contribution >= 4 is 46.6 Å². The summed E-state index contributed by atoms with van der Waals surface area (Å²) in [5, 5.41) is 3.69. The molecule has 0 fully saturated rings. The maximum Gasteiger partial charge on any atom is 0.253 e. The Bertz CT molecular complexity index is 812. The van der Waals surface area contributed by atoms with Crippen LogP contribution in [0.2, 0.25) is 15.1 Å². The summed E-state index contributed by atoms with van der Waals surface area (Å²) < 4.78 is 5.57. The van der Waals surface area contributed by atoms with Gasteiger partial charge in [-0.25, -0.2) is 0 Å². The number of nitrogens with zero attached hydrogens (tertiary/aromatic N) is 1. The van der Waals surface area contributed by atoms with E-state index in [1.54, 1.807) is 56.4 Å². The van der Waals surface area contributed by atoms with Crippen molar-refractivity contribution in [1.82, 2.24) is 10.2 Å². The zero-order valence-electron chi connectivity index (χ0n) is 14.8. The predicted molar refractivity (Wildman–Crippen MR) is 108 cm³/mol. The van der Waals surface area contributed by atoms with Gasteiger partial charge in [0.15, 0.2) is 0 Å². The molecule has 2 aromatic rings. The van der Waals surface area contributed by atoms with E-state index in [0.29, 0.717) is 23.9 Å². The van der Waals surface area contributed by atoms with Crippen molar-refractivity contribution in [2.45, 2.75) is 13.0 Å². The minimum Gasteiger partial charge on any atom is -0.492 e. The van der Waals surface area contributed by atoms with Crippen molar-refractivity contribution in [3.05, 3.63) is 63.1 Å². The fraction of sp³-hybridized carbons (Fsp3) is 0.263. The topological polar surface area (TPSA) is 58.6 Å². The van der Waals surface area contributed by atoms with Gasteiger partial charge in [0.05, 0.1) is 22.2 Å². The predicted octanol–water partition coefficient (Wildman–Crippen LogP) is 4.30. The number of amides is 2. The molecular weight excluding hydrogens is 411 g/mol. The number of hydrogen-bond acceptors (Lipinski definition) is 3. The van der Waals surface area contributed by atoms with Gasteiger partial charge in [0.1, 0.15) is 18.4 Å². The number of benzene rings is 2. The molecular formula is C19H19Cl3N2O3. The molecule has 0 heterocycles. The van der Waals surface area contributed by atoms with Gasteiger partial charge in [0.25, 0.3) is 5.91 Å². The summed E-state index contributed by atoms with van der Waals surface area (Å²) in [6, 6.07) is 11.0. The van der Waals surface area contributed by atoms with Gasteiger partial charge in [0, 0.05) is 12.1 Å². The molecule has 1 N–H and O–H groups in total. The monoisotopic (exact) mass is 428 g/mol. The van der Waals surface area contributed by atoms with E-state index in [4.69, 9.17) is 39.5 Å². The van der Waals surface area contributed by atoms with Gasteiger partial charge in [-0.15, -0.1) is 0 Å². The number of halogens is 3. The standard InChI is InChI=1S/C19H19Cl3N2O3/c1-12(23-18(25)15-4-3-5-16(21)17(15)22)19(26)24(2)10-11-27-14-8-6-13(20)7-9-14/h3-9,12H,10-11H2,1-2H3,(H,23,25). The fourth-order valence-electron chi connectivity index (χ4n) is 2.29. The Morgan fingerprint density at radius 2 is 1.78 bits per heavy atom. The van der Waals surface area contributed by atoms with E-state index in [1.807, 2.05) is 0 Å². The van der Waals surface area contributed by atoms with Crippen molar-refractivity contribution in [3.63, 3.8) is 0 Å². The third-order valence-corrected chi connectivity index (χ3v) is 4.87. The largest absolute Gasteiger partial charge is 0.492 e. The fourth-order valence-corrected chi connectivity index (χ4v) is 2.80. The lowest BCUT2D eigenvalue weighted by molar-refractivity contribution is -0.131. The van der Waals surface area contributed by atoms with Crippen molar-refractivity contribution in [3.8, 4) is 5.75 Å². The van der Waals surface area contributed by atoms with E-state index in [9.17, 15) is 9.59 Å². The third-order valence-electron chi connectivity index (χ3n) is 3.80. The Morgan fingerprint density at radius 3 is 2.44 bits per heavy atom. The Labute approximate surface area is 173 Å². The van der Waals surface area contributed by atoms with Crippen molar-refractivity contribution in [1.29, 1.82) is 0 Å². The molecule has 0 spiro atoms. The van der Waals surface area contributed by atoms with Gasteiger partial charge in [-0.2, -0.15) is 0 Å². The highest BCUT2D eigenvalue weighted by Gasteiger charge is 2.21. The highest BCUT2D eigenvalue weighted by Crippen LogP contribution is 2.25. The first-order valence-corrected chi connectivity index (χ1v) is 9.31. The molecule has 27 heavy (non-hydrogen) atoms. The van der Waals surface area contributed by atoms with Crippen LogP contribution in [-0.2, 0) is 4.79 Å². The van der Waals surface area contributed by atoms with Crippen molar-refractivity contribution in [2.24, 2.45) is 0 Å². The molecule has 1 atom stereocenters.